The first-order chi connectivity index (χ1) is 8.25. The lowest BCUT2D eigenvalue weighted by Gasteiger charge is -2.29. The maximum Gasteiger partial charge on any atom is 0.219 e. The summed E-state index contributed by atoms with van der Waals surface area (Å²) >= 11 is 0. The Labute approximate surface area is 104 Å². The molecule has 1 N–H and O–H groups in total. The molecule has 4 heteroatoms. The minimum Gasteiger partial charge on any atom is -0.342 e. The molecule has 17 heavy (non-hydrogen) atoms. The molecule has 0 bridgehead atoms. The molecule has 0 aromatic carbocycles. The lowest BCUT2D eigenvalue weighted by atomic mass is 9.97. The molecule has 2 fully saturated rings. The Morgan fingerprint density at radius 2 is 1.94 bits per heavy atom. The van der Waals surface area contributed by atoms with E-state index < -0.39 is 0 Å². The SMILES string of the molecule is CC(=O)N1CCCN(CC2CCNCC2)CC1. The standard InChI is InChI=1S/C13H25N3O/c1-12(17)16-8-2-7-15(9-10-16)11-13-3-5-14-6-4-13/h13-14H,2-11H2,1H3. The highest BCUT2D eigenvalue weighted by atomic mass is 16.2. The summed E-state index contributed by atoms with van der Waals surface area (Å²) in [6.45, 7) is 9.35. The molecule has 0 aromatic rings. The number of rotatable bonds is 2. The van der Waals surface area contributed by atoms with Crippen LogP contribution >= 0.6 is 0 Å². The van der Waals surface area contributed by atoms with Crippen LogP contribution in [-0.2, 0) is 4.79 Å². The monoisotopic (exact) mass is 239 g/mol. The number of nitrogens with zero attached hydrogens (tertiary/aromatic N) is 2. The van der Waals surface area contributed by atoms with E-state index in [2.05, 4.69) is 10.2 Å². The highest BCUT2D eigenvalue weighted by Gasteiger charge is 2.20. The van der Waals surface area contributed by atoms with Crippen LogP contribution in [0, 0.1) is 5.92 Å². The number of amides is 1. The molecule has 0 unspecified atom stereocenters. The fraction of sp³-hybridized carbons (Fsp3) is 0.923. The molecule has 2 aliphatic rings. The molecular formula is C13H25N3O. The van der Waals surface area contributed by atoms with Crippen LogP contribution in [0.5, 0.6) is 0 Å². The fourth-order valence-electron chi connectivity index (χ4n) is 2.90. The van der Waals surface area contributed by atoms with Gasteiger partial charge in [0.15, 0.2) is 0 Å². The van der Waals surface area contributed by atoms with Crippen molar-refractivity contribution in [2.24, 2.45) is 5.92 Å². The molecule has 0 aromatic heterocycles. The fourth-order valence-corrected chi connectivity index (χ4v) is 2.90. The molecule has 4 nitrogen and oxygen atoms in total. The highest BCUT2D eigenvalue weighted by molar-refractivity contribution is 5.73. The third kappa shape index (κ3) is 3.96. The summed E-state index contributed by atoms with van der Waals surface area (Å²) in [5.74, 6) is 1.09. The number of carbonyl (C=O) groups is 1. The van der Waals surface area contributed by atoms with Crippen molar-refractivity contribution in [1.82, 2.24) is 15.1 Å². The van der Waals surface area contributed by atoms with Crippen LogP contribution in [0.4, 0.5) is 0 Å². The highest BCUT2D eigenvalue weighted by Crippen LogP contribution is 2.14. The van der Waals surface area contributed by atoms with Gasteiger partial charge in [-0.15, -0.1) is 0 Å². The van der Waals surface area contributed by atoms with E-state index in [1.165, 1.54) is 32.5 Å². The molecule has 0 aliphatic carbocycles. The number of hydrogen-bond acceptors (Lipinski definition) is 3. The predicted molar refractivity (Wildman–Crippen MR) is 68.9 cm³/mol. The average molecular weight is 239 g/mol. The van der Waals surface area contributed by atoms with Gasteiger partial charge in [-0.25, -0.2) is 0 Å². The Balaban J connectivity index is 1.76. The number of hydrogen-bond donors (Lipinski definition) is 1. The Bertz CT molecular complexity index is 251. The summed E-state index contributed by atoms with van der Waals surface area (Å²) in [5, 5.41) is 3.41. The summed E-state index contributed by atoms with van der Waals surface area (Å²) in [7, 11) is 0. The smallest absolute Gasteiger partial charge is 0.219 e. The largest absolute Gasteiger partial charge is 0.342 e. The van der Waals surface area contributed by atoms with Gasteiger partial charge in [-0.2, -0.15) is 0 Å². The molecule has 98 valence electrons. The van der Waals surface area contributed by atoms with E-state index in [0.29, 0.717) is 0 Å². The summed E-state index contributed by atoms with van der Waals surface area (Å²) in [6, 6.07) is 0. The van der Waals surface area contributed by atoms with Gasteiger partial charge in [-0.3, -0.25) is 4.79 Å². The zero-order valence-electron chi connectivity index (χ0n) is 11.0. The van der Waals surface area contributed by atoms with E-state index in [-0.39, 0.29) is 5.91 Å². The Morgan fingerprint density at radius 3 is 2.65 bits per heavy atom. The van der Waals surface area contributed by atoms with Gasteiger partial charge in [-0.05, 0) is 44.8 Å². The molecule has 2 rings (SSSR count). The lowest BCUT2D eigenvalue weighted by molar-refractivity contribution is -0.128. The second-order valence-corrected chi connectivity index (χ2v) is 5.35. The van der Waals surface area contributed by atoms with Gasteiger partial charge in [-0.1, -0.05) is 0 Å². The maximum atomic E-state index is 11.3. The van der Waals surface area contributed by atoms with Crippen molar-refractivity contribution in [2.45, 2.75) is 26.2 Å². The van der Waals surface area contributed by atoms with E-state index in [4.69, 9.17) is 0 Å². The first-order valence-electron chi connectivity index (χ1n) is 6.94. The van der Waals surface area contributed by atoms with Gasteiger partial charge in [0.2, 0.25) is 5.91 Å². The van der Waals surface area contributed by atoms with Crippen molar-refractivity contribution in [2.75, 3.05) is 45.8 Å². The predicted octanol–water partition coefficient (Wildman–Crippen LogP) is 0.540. The van der Waals surface area contributed by atoms with Gasteiger partial charge in [0.05, 0.1) is 0 Å². The normalized spacial score (nSPS) is 24.6. The molecule has 0 radical (unpaired) electrons. The third-order valence-corrected chi connectivity index (χ3v) is 4.01. The molecule has 0 saturated carbocycles. The summed E-state index contributed by atoms with van der Waals surface area (Å²) in [4.78, 5) is 15.9. The van der Waals surface area contributed by atoms with Crippen molar-refractivity contribution in [3.63, 3.8) is 0 Å². The first kappa shape index (κ1) is 12.8. The van der Waals surface area contributed by atoms with Crippen LogP contribution in [0.15, 0.2) is 0 Å². The molecule has 2 heterocycles. The molecule has 1 amide bonds. The molecule has 2 aliphatic heterocycles. The van der Waals surface area contributed by atoms with Gasteiger partial charge < -0.3 is 15.1 Å². The first-order valence-corrected chi connectivity index (χ1v) is 6.94. The van der Waals surface area contributed by atoms with E-state index in [1.54, 1.807) is 6.92 Å². The van der Waals surface area contributed by atoms with Gasteiger partial charge in [0.1, 0.15) is 0 Å². The van der Waals surface area contributed by atoms with Gasteiger partial charge >= 0.3 is 0 Å². The second kappa shape index (κ2) is 6.36. The van der Waals surface area contributed by atoms with Crippen LogP contribution in [0.2, 0.25) is 0 Å². The molecular weight excluding hydrogens is 214 g/mol. The minimum atomic E-state index is 0.230. The van der Waals surface area contributed by atoms with Crippen molar-refractivity contribution in [3.8, 4) is 0 Å². The van der Waals surface area contributed by atoms with E-state index in [9.17, 15) is 4.79 Å². The summed E-state index contributed by atoms with van der Waals surface area (Å²) in [6.07, 6.45) is 3.75. The summed E-state index contributed by atoms with van der Waals surface area (Å²) in [5.41, 5.74) is 0. The van der Waals surface area contributed by atoms with Gasteiger partial charge in [0.25, 0.3) is 0 Å². The number of nitrogens with one attached hydrogen (secondary N) is 1. The Hall–Kier alpha value is -0.610. The van der Waals surface area contributed by atoms with Crippen LogP contribution in [-0.4, -0.2) is 61.5 Å². The third-order valence-electron chi connectivity index (χ3n) is 4.01. The average Bonchev–Trinajstić information content (AvgIpc) is 2.56. The van der Waals surface area contributed by atoms with Crippen molar-refractivity contribution < 1.29 is 4.79 Å². The van der Waals surface area contributed by atoms with Crippen LogP contribution in [0.3, 0.4) is 0 Å². The Kier molecular flexibility index (Phi) is 4.80. The Morgan fingerprint density at radius 1 is 1.18 bits per heavy atom. The van der Waals surface area contributed by atoms with E-state index >= 15 is 0 Å². The lowest BCUT2D eigenvalue weighted by Crippen LogP contribution is -2.38. The van der Waals surface area contributed by atoms with Crippen molar-refractivity contribution >= 4 is 5.91 Å². The van der Waals surface area contributed by atoms with Crippen molar-refractivity contribution in [3.05, 3.63) is 0 Å². The van der Waals surface area contributed by atoms with E-state index in [0.717, 1.165) is 38.5 Å². The minimum absolute atomic E-state index is 0.230. The maximum absolute atomic E-state index is 11.3. The summed E-state index contributed by atoms with van der Waals surface area (Å²) < 4.78 is 0. The topological polar surface area (TPSA) is 35.6 Å². The van der Waals surface area contributed by atoms with Crippen LogP contribution < -0.4 is 5.32 Å². The molecule has 2 saturated heterocycles. The zero-order chi connectivity index (χ0) is 12.1. The van der Waals surface area contributed by atoms with Gasteiger partial charge in [0, 0.05) is 33.1 Å². The quantitative estimate of drug-likeness (QED) is 0.764. The van der Waals surface area contributed by atoms with Crippen LogP contribution in [0.1, 0.15) is 26.2 Å². The molecule has 0 atom stereocenters. The molecule has 0 spiro atoms. The van der Waals surface area contributed by atoms with Crippen molar-refractivity contribution in [1.29, 1.82) is 0 Å². The number of piperidine rings is 1. The van der Waals surface area contributed by atoms with E-state index in [1.807, 2.05) is 4.90 Å². The van der Waals surface area contributed by atoms with Crippen LogP contribution in [0.25, 0.3) is 0 Å². The zero-order valence-corrected chi connectivity index (χ0v) is 11.0. The second-order valence-electron chi connectivity index (χ2n) is 5.35. The number of carbonyl (C=O) groups excluding carboxylic acids is 1.